The number of H-pyrrole nitrogens is 1. The summed E-state index contributed by atoms with van der Waals surface area (Å²) < 4.78 is 2.04. The molecule has 7 heteroatoms. The molecule has 0 bridgehead atoms. The highest BCUT2D eigenvalue weighted by atomic mass is 16.2. The summed E-state index contributed by atoms with van der Waals surface area (Å²) in [6, 6.07) is 7.08. The first-order chi connectivity index (χ1) is 12.5. The number of carbonyl (C=O) groups is 1. The number of hydrogen-bond donors (Lipinski definition) is 1. The standard InChI is InChI=1S/C19H21N5O2/c1-12-10-23(2)17(20-12)13-6-5-9-24(11-13)19(26)16-14-7-3-4-8-15(14)18(25)22-21-16/h3-4,7-8,10,13H,5-6,9,11H2,1-2H3,(H,22,25)/t13-/m1/s1. The number of fused-ring (bicyclic) bond motifs is 1. The van der Waals surface area contributed by atoms with E-state index in [1.807, 2.05) is 35.7 Å². The highest BCUT2D eigenvalue weighted by Gasteiger charge is 2.29. The number of hydrogen-bond acceptors (Lipinski definition) is 4. The first-order valence-corrected chi connectivity index (χ1v) is 8.81. The maximum absolute atomic E-state index is 13.1. The number of piperidine rings is 1. The average Bonchev–Trinajstić information content (AvgIpc) is 3.00. The van der Waals surface area contributed by atoms with Gasteiger partial charge in [-0.1, -0.05) is 18.2 Å². The van der Waals surface area contributed by atoms with E-state index in [1.165, 1.54) is 0 Å². The summed E-state index contributed by atoms with van der Waals surface area (Å²) >= 11 is 0. The smallest absolute Gasteiger partial charge is 0.274 e. The quantitative estimate of drug-likeness (QED) is 0.765. The molecule has 0 radical (unpaired) electrons. The molecule has 3 aromatic rings. The van der Waals surface area contributed by atoms with Gasteiger partial charge in [0.15, 0.2) is 5.69 Å². The first-order valence-electron chi connectivity index (χ1n) is 8.81. The van der Waals surface area contributed by atoms with E-state index in [-0.39, 0.29) is 17.4 Å². The van der Waals surface area contributed by atoms with E-state index in [4.69, 9.17) is 0 Å². The van der Waals surface area contributed by atoms with Crippen molar-refractivity contribution in [1.82, 2.24) is 24.6 Å². The molecule has 0 saturated carbocycles. The Kier molecular flexibility index (Phi) is 4.06. The number of aromatic nitrogens is 4. The van der Waals surface area contributed by atoms with E-state index in [0.29, 0.717) is 29.6 Å². The summed E-state index contributed by atoms with van der Waals surface area (Å²) in [4.78, 5) is 31.5. The molecule has 1 atom stereocenters. The van der Waals surface area contributed by atoms with Crippen molar-refractivity contribution in [2.75, 3.05) is 13.1 Å². The van der Waals surface area contributed by atoms with Gasteiger partial charge < -0.3 is 9.47 Å². The van der Waals surface area contributed by atoms with Gasteiger partial charge in [-0.3, -0.25) is 9.59 Å². The fourth-order valence-electron chi connectivity index (χ4n) is 3.81. The molecular formula is C19H21N5O2. The van der Waals surface area contributed by atoms with Crippen LogP contribution in [0.4, 0.5) is 0 Å². The lowest BCUT2D eigenvalue weighted by atomic mass is 9.96. The summed E-state index contributed by atoms with van der Waals surface area (Å²) in [5.41, 5.74) is 1.01. The van der Waals surface area contributed by atoms with Crippen molar-refractivity contribution in [3.05, 3.63) is 58.0 Å². The van der Waals surface area contributed by atoms with Gasteiger partial charge in [0, 0.05) is 37.6 Å². The third-order valence-corrected chi connectivity index (χ3v) is 5.01. The predicted molar refractivity (Wildman–Crippen MR) is 98.2 cm³/mol. The second-order valence-corrected chi connectivity index (χ2v) is 6.89. The van der Waals surface area contributed by atoms with Gasteiger partial charge in [0.25, 0.3) is 11.5 Å². The number of imidazole rings is 1. The first kappa shape index (κ1) is 16.5. The maximum atomic E-state index is 13.1. The molecule has 1 saturated heterocycles. The lowest BCUT2D eigenvalue weighted by Crippen LogP contribution is -2.40. The average molecular weight is 351 g/mol. The number of rotatable bonds is 2. The number of nitrogens with zero attached hydrogens (tertiary/aromatic N) is 4. The second-order valence-electron chi connectivity index (χ2n) is 6.89. The Labute approximate surface area is 150 Å². The molecule has 1 N–H and O–H groups in total. The zero-order valence-electron chi connectivity index (χ0n) is 14.9. The molecule has 1 aromatic carbocycles. The van der Waals surface area contributed by atoms with Gasteiger partial charge in [-0.15, -0.1) is 0 Å². The Balaban J connectivity index is 1.66. The SMILES string of the molecule is Cc1cn(C)c([C@@H]2CCCN(C(=O)c3n[nH]c(=O)c4ccccc34)C2)n1. The molecule has 3 heterocycles. The highest BCUT2D eigenvalue weighted by Crippen LogP contribution is 2.27. The Bertz CT molecular complexity index is 1040. The van der Waals surface area contributed by atoms with Crippen LogP contribution < -0.4 is 5.56 Å². The van der Waals surface area contributed by atoms with Crippen LogP contribution >= 0.6 is 0 Å². The van der Waals surface area contributed by atoms with E-state index in [9.17, 15) is 9.59 Å². The third kappa shape index (κ3) is 2.79. The molecule has 1 amide bonds. The Morgan fingerprint density at radius 1 is 1.27 bits per heavy atom. The van der Waals surface area contributed by atoms with Crippen LogP contribution in [0.2, 0.25) is 0 Å². The molecule has 2 aromatic heterocycles. The van der Waals surface area contributed by atoms with E-state index < -0.39 is 0 Å². The zero-order chi connectivity index (χ0) is 18.3. The predicted octanol–water partition coefficient (Wildman–Crippen LogP) is 1.98. The number of benzene rings is 1. The van der Waals surface area contributed by atoms with Gasteiger partial charge >= 0.3 is 0 Å². The van der Waals surface area contributed by atoms with E-state index in [2.05, 4.69) is 15.2 Å². The van der Waals surface area contributed by atoms with Crippen LogP contribution in [-0.2, 0) is 7.05 Å². The molecule has 0 spiro atoms. The molecule has 1 aliphatic heterocycles. The monoisotopic (exact) mass is 351 g/mol. The number of likely N-dealkylation sites (tertiary alicyclic amines) is 1. The van der Waals surface area contributed by atoms with Gasteiger partial charge in [-0.25, -0.2) is 10.1 Å². The number of amides is 1. The summed E-state index contributed by atoms with van der Waals surface area (Å²) in [6.45, 7) is 3.28. The van der Waals surface area contributed by atoms with Crippen LogP contribution in [0, 0.1) is 6.92 Å². The Morgan fingerprint density at radius 3 is 2.77 bits per heavy atom. The third-order valence-electron chi connectivity index (χ3n) is 5.01. The molecule has 0 aliphatic carbocycles. The summed E-state index contributed by atoms with van der Waals surface area (Å²) in [7, 11) is 1.99. The molecule has 0 unspecified atom stereocenters. The minimum atomic E-state index is -0.280. The zero-order valence-corrected chi connectivity index (χ0v) is 14.9. The lowest BCUT2D eigenvalue weighted by Gasteiger charge is -2.32. The van der Waals surface area contributed by atoms with Gasteiger partial charge in [-0.05, 0) is 25.8 Å². The van der Waals surface area contributed by atoms with E-state index in [1.54, 1.807) is 18.2 Å². The van der Waals surface area contributed by atoms with Crippen molar-refractivity contribution in [2.24, 2.45) is 7.05 Å². The Morgan fingerprint density at radius 2 is 2.04 bits per heavy atom. The van der Waals surface area contributed by atoms with Gasteiger partial charge in [0.1, 0.15) is 5.82 Å². The molecule has 1 fully saturated rings. The topological polar surface area (TPSA) is 83.9 Å². The molecular weight excluding hydrogens is 330 g/mol. The van der Waals surface area contributed by atoms with Crippen molar-refractivity contribution in [3.8, 4) is 0 Å². The highest BCUT2D eigenvalue weighted by molar-refractivity contribution is 6.04. The van der Waals surface area contributed by atoms with Crippen molar-refractivity contribution in [1.29, 1.82) is 0 Å². The number of aromatic amines is 1. The molecule has 26 heavy (non-hydrogen) atoms. The molecule has 7 nitrogen and oxygen atoms in total. The van der Waals surface area contributed by atoms with Gasteiger partial charge in [0.2, 0.25) is 0 Å². The Hall–Kier alpha value is -2.96. The lowest BCUT2D eigenvalue weighted by molar-refractivity contribution is 0.0698. The molecule has 134 valence electrons. The van der Waals surface area contributed by atoms with Crippen LogP contribution in [0.5, 0.6) is 0 Å². The van der Waals surface area contributed by atoms with Gasteiger partial charge in [-0.2, -0.15) is 5.10 Å². The minimum Gasteiger partial charge on any atom is -0.337 e. The van der Waals surface area contributed by atoms with Crippen molar-refractivity contribution < 1.29 is 4.79 Å². The molecule has 1 aliphatic rings. The summed E-state index contributed by atoms with van der Waals surface area (Å²) in [6.07, 6.45) is 3.94. The van der Waals surface area contributed by atoms with Crippen LogP contribution in [0.1, 0.15) is 40.8 Å². The van der Waals surface area contributed by atoms with Crippen molar-refractivity contribution >= 4 is 16.7 Å². The maximum Gasteiger partial charge on any atom is 0.274 e. The number of carbonyl (C=O) groups excluding carboxylic acids is 1. The largest absolute Gasteiger partial charge is 0.337 e. The van der Waals surface area contributed by atoms with E-state index >= 15 is 0 Å². The normalized spacial score (nSPS) is 17.6. The summed E-state index contributed by atoms with van der Waals surface area (Å²) in [5, 5.41) is 7.58. The fourth-order valence-corrected chi connectivity index (χ4v) is 3.81. The number of nitrogens with one attached hydrogen (secondary N) is 1. The van der Waals surface area contributed by atoms with Crippen LogP contribution in [0.3, 0.4) is 0 Å². The second kappa shape index (κ2) is 6.40. The van der Waals surface area contributed by atoms with E-state index in [0.717, 1.165) is 24.4 Å². The van der Waals surface area contributed by atoms with Crippen LogP contribution in [0.25, 0.3) is 10.8 Å². The summed E-state index contributed by atoms with van der Waals surface area (Å²) in [5.74, 6) is 1.08. The fraction of sp³-hybridized carbons (Fsp3) is 0.368. The minimum absolute atomic E-state index is 0.145. The van der Waals surface area contributed by atoms with Crippen LogP contribution in [-0.4, -0.2) is 43.6 Å². The van der Waals surface area contributed by atoms with Crippen molar-refractivity contribution in [3.63, 3.8) is 0 Å². The van der Waals surface area contributed by atoms with Gasteiger partial charge in [0.05, 0.1) is 11.1 Å². The van der Waals surface area contributed by atoms with Crippen LogP contribution in [0.15, 0.2) is 35.3 Å². The number of aryl methyl sites for hydroxylation is 2. The molecule has 4 rings (SSSR count). The van der Waals surface area contributed by atoms with Crippen molar-refractivity contribution in [2.45, 2.75) is 25.7 Å².